The van der Waals surface area contributed by atoms with Crippen molar-refractivity contribution in [2.75, 3.05) is 7.05 Å². The van der Waals surface area contributed by atoms with Gasteiger partial charge in [0.1, 0.15) is 6.17 Å². The average molecular weight is 145 g/mol. The number of azide groups is 1. The number of aliphatic hydroxyl groups excluding tert-OH is 1. The highest BCUT2D eigenvalue weighted by Crippen LogP contribution is 1.92. The molecule has 0 heterocycles. The fraction of sp³-hybridized carbons (Fsp3) is 1.00. The van der Waals surface area contributed by atoms with Crippen LogP contribution in [0.2, 0.25) is 0 Å². The number of rotatable bonds is 4. The Hall–Kier alpha value is -0.810. The van der Waals surface area contributed by atoms with E-state index in [1.54, 1.807) is 7.05 Å². The summed E-state index contributed by atoms with van der Waals surface area (Å²) in [7, 11) is 1.63. The van der Waals surface area contributed by atoms with Gasteiger partial charge in [-0.3, -0.25) is 5.43 Å². The Kier molecular flexibility index (Phi) is 4.61. The van der Waals surface area contributed by atoms with E-state index in [1.165, 1.54) is 6.92 Å². The zero-order valence-electron chi connectivity index (χ0n) is 5.94. The largest absolute Gasteiger partial charge is 0.392 e. The zero-order chi connectivity index (χ0) is 7.98. The van der Waals surface area contributed by atoms with Crippen LogP contribution in [0.15, 0.2) is 5.11 Å². The Labute approximate surface area is 58.8 Å². The van der Waals surface area contributed by atoms with E-state index in [0.29, 0.717) is 0 Å². The maximum absolute atomic E-state index is 8.91. The Morgan fingerprint density at radius 3 is 2.60 bits per heavy atom. The van der Waals surface area contributed by atoms with Gasteiger partial charge in [0.15, 0.2) is 0 Å². The first-order valence-corrected chi connectivity index (χ1v) is 2.87. The minimum Gasteiger partial charge on any atom is -0.392 e. The van der Waals surface area contributed by atoms with Crippen LogP contribution in [0, 0.1) is 0 Å². The second kappa shape index (κ2) is 5.01. The topological polar surface area (TPSA) is 93.1 Å². The molecule has 0 aliphatic heterocycles. The van der Waals surface area contributed by atoms with Gasteiger partial charge >= 0.3 is 0 Å². The minimum absolute atomic E-state index is 0.616. The van der Waals surface area contributed by atoms with E-state index in [9.17, 15) is 0 Å². The van der Waals surface area contributed by atoms with Gasteiger partial charge in [-0.1, -0.05) is 5.11 Å². The van der Waals surface area contributed by atoms with Crippen molar-refractivity contribution in [2.24, 2.45) is 5.11 Å². The number of hydrogen-bond donors (Lipinski definition) is 3. The lowest BCUT2D eigenvalue weighted by atomic mass is 10.3. The maximum atomic E-state index is 8.91. The van der Waals surface area contributed by atoms with Gasteiger partial charge in [0, 0.05) is 4.91 Å². The van der Waals surface area contributed by atoms with Crippen LogP contribution < -0.4 is 10.9 Å². The van der Waals surface area contributed by atoms with E-state index in [-0.39, 0.29) is 0 Å². The van der Waals surface area contributed by atoms with Gasteiger partial charge in [0.2, 0.25) is 0 Å². The normalized spacial score (nSPS) is 15.5. The van der Waals surface area contributed by atoms with Crippen LogP contribution >= 0.6 is 0 Å². The van der Waals surface area contributed by atoms with E-state index in [2.05, 4.69) is 20.9 Å². The van der Waals surface area contributed by atoms with Gasteiger partial charge in [0.25, 0.3) is 0 Å². The molecule has 0 aromatic heterocycles. The van der Waals surface area contributed by atoms with Gasteiger partial charge in [-0.05, 0) is 19.5 Å². The number of nitrogens with one attached hydrogen (secondary N) is 2. The standard InChI is InChI=1S/C4H11N5O/c1-3(10)4(7-6-2)8-9-5/h3-4,6-7,10H,1-2H3. The van der Waals surface area contributed by atoms with Gasteiger partial charge < -0.3 is 5.11 Å². The first-order valence-electron chi connectivity index (χ1n) is 2.87. The molecular weight excluding hydrogens is 134 g/mol. The Morgan fingerprint density at radius 1 is 1.70 bits per heavy atom. The molecule has 0 spiro atoms. The smallest absolute Gasteiger partial charge is 0.126 e. The van der Waals surface area contributed by atoms with E-state index >= 15 is 0 Å². The third-order valence-electron chi connectivity index (χ3n) is 0.925. The molecule has 0 amide bonds. The van der Waals surface area contributed by atoms with Crippen molar-refractivity contribution in [3.63, 3.8) is 0 Å². The molecule has 6 nitrogen and oxygen atoms in total. The van der Waals surface area contributed by atoms with Crippen LogP contribution in [0.5, 0.6) is 0 Å². The molecule has 0 aromatic rings. The van der Waals surface area contributed by atoms with Crippen molar-refractivity contribution in [3.8, 4) is 0 Å². The molecule has 10 heavy (non-hydrogen) atoms. The molecule has 0 saturated heterocycles. The van der Waals surface area contributed by atoms with Crippen LogP contribution in [0.4, 0.5) is 0 Å². The van der Waals surface area contributed by atoms with Crippen molar-refractivity contribution >= 4 is 0 Å². The van der Waals surface area contributed by atoms with Crippen LogP contribution in [0.3, 0.4) is 0 Å². The summed E-state index contributed by atoms with van der Waals surface area (Å²) in [6.45, 7) is 1.53. The van der Waals surface area contributed by atoms with Gasteiger partial charge in [-0.15, -0.1) is 0 Å². The summed E-state index contributed by atoms with van der Waals surface area (Å²) in [4.78, 5) is 2.54. The lowest BCUT2D eigenvalue weighted by molar-refractivity contribution is 0.141. The maximum Gasteiger partial charge on any atom is 0.126 e. The Bertz CT molecular complexity index is 130. The van der Waals surface area contributed by atoms with E-state index < -0.39 is 12.3 Å². The molecule has 2 unspecified atom stereocenters. The molecule has 0 bridgehead atoms. The monoisotopic (exact) mass is 145 g/mol. The van der Waals surface area contributed by atoms with E-state index in [0.717, 1.165) is 0 Å². The van der Waals surface area contributed by atoms with Crippen LogP contribution in [-0.2, 0) is 0 Å². The number of hydrazine groups is 1. The summed E-state index contributed by atoms with van der Waals surface area (Å²) >= 11 is 0. The first-order chi connectivity index (χ1) is 4.72. The predicted molar refractivity (Wildman–Crippen MR) is 36.8 cm³/mol. The third-order valence-corrected chi connectivity index (χ3v) is 0.925. The molecule has 0 aliphatic rings. The van der Waals surface area contributed by atoms with Gasteiger partial charge in [-0.2, -0.15) is 0 Å². The van der Waals surface area contributed by atoms with Crippen molar-refractivity contribution < 1.29 is 5.11 Å². The van der Waals surface area contributed by atoms with Crippen LogP contribution in [0.25, 0.3) is 10.4 Å². The number of nitrogens with zero attached hydrogens (tertiary/aromatic N) is 3. The fourth-order valence-corrected chi connectivity index (χ4v) is 0.449. The van der Waals surface area contributed by atoms with E-state index in [1.807, 2.05) is 0 Å². The van der Waals surface area contributed by atoms with Crippen molar-refractivity contribution in [2.45, 2.75) is 19.2 Å². The summed E-state index contributed by atoms with van der Waals surface area (Å²) in [6.07, 6.45) is -1.32. The lowest BCUT2D eigenvalue weighted by Crippen LogP contribution is -2.43. The van der Waals surface area contributed by atoms with Crippen LogP contribution in [0.1, 0.15) is 6.92 Å². The second-order valence-corrected chi connectivity index (χ2v) is 1.78. The second-order valence-electron chi connectivity index (χ2n) is 1.78. The molecule has 3 N–H and O–H groups in total. The quantitative estimate of drug-likeness (QED) is 0.220. The molecule has 0 aliphatic carbocycles. The molecule has 0 aromatic carbocycles. The molecule has 0 radical (unpaired) electrons. The van der Waals surface area contributed by atoms with E-state index in [4.69, 9.17) is 10.6 Å². The predicted octanol–water partition coefficient (Wildman–Crippen LogP) is -0.272. The molecule has 0 saturated carbocycles. The number of hydrogen-bond acceptors (Lipinski definition) is 4. The third kappa shape index (κ3) is 3.26. The van der Waals surface area contributed by atoms with Gasteiger partial charge in [0.05, 0.1) is 6.10 Å². The fourth-order valence-electron chi connectivity index (χ4n) is 0.449. The summed E-state index contributed by atoms with van der Waals surface area (Å²) in [5.41, 5.74) is 13.1. The highest BCUT2D eigenvalue weighted by Gasteiger charge is 2.09. The Balaban J connectivity index is 3.84. The average Bonchev–Trinajstić information content (AvgIpc) is 1.87. The molecule has 2 atom stereocenters. The first kappa shape index (κ1) is 9.19. The molecule has 58 valence electrons. The van der Waals surface area contributed by atoms with Gasteiger partial charge in [-0.25, -0.2) is 5.43 Å². The Morgan fingerprint density at radius 2 is 2.30 bits per heavy atom. The summed E-state index contributed by atoms with van der Waals surface area (Å²) in [6, 6.07) is 0. The van der Waals surface area contributed by atoms with Crippen LogP contribution in [-0.4, -0.2) is 24.4 Å². The van der Waals surface area contributed by atoms with Crippen molar-refractivity contribution in [3.05, 3.63) is 10.4 Å². The summed E-state index contributed by atoms with van der Waals surface area (Å²) in [5, 5.41) is 12.2. The SMILES string of the molecule is CNNC(N=[N+]=[N-])C(C)O. The summed E-state index contributed by atoms with van der Waals surface area (Å²) < 4.78 is 0. The van der Waals surface area contributed by atoms with Crippen molar-refractivity contribution in [1.29, 1.82) is 0 Å². The number of aliphatic hydroxyl groups is 1. The minimum atomic E-state index is -0.705. The van der Waals surface area contributed by atoms with Crippen molar-refractivity contribution in [1.82, 2.24) is 10.9 Å². The highest BCUT2D eigenvalue weighted by atomic mass is 16.3. The lowest BCUT2D eigenvalue weighted by Gasteiger charge is -2.14. The zero-order valence-corrected chi connectivity index (χ0v) is 5.94. The molecule has 0 fully saturated rings. The molecule has 6 heteroatoms. The highest BCUT2D eigenvalue weighted by molar-refractivity contribution is 4.66. The summed E-state index contributed by atoms with van der Waals surface area (Å²) in [5.74, 6) is 0. The molecule has 0 rings (SSSR count). The molecular formula is C4H11N5O.